The summed E-state index contributed by atoms with van der Waals surface area (Å²) < 4.78 is 58.4. The molecule has 0 saturated heterocycles. The number of halogens is 5. The average molecular weight is 1330 g/mol. The second-order valence-corrected chi connectivity index (χ2v) is 21.2. The summed E-state index contributed by atoms with van der Waals surface area (Å²) in [7, 11) is 11.8. The van der Waals surface area contributed by atoms with Gasteiger partial charge in [-0.1, -0.05) is 111 Å². The summed E-state index contributed by atoms with van der Waals surface area (Å²) in [5.41, 5.74) is 13.3. The van der Waals surface area contributed by atoms with Crippen LogP contribution in [0.2, 0.25) is 0 Å². The fourth-order valence-electron chi connectivity index (χ4n) is 10.9. The zero-order valence-electron chi connectivity index (χ0n) is 51.2. The molecule has 0 bridgehead atoms. The van der Waals surface area contributed by atoms with E-state index >= 15 is 0 Å². The molecule has 6 aromatic carbocycles. The van der Waals surface area contributed by atoms with Crippen LogP contribution in [0.25, 0.3) is 0 Å². The van der Waals surface area contributed by atoms with E-state index in [-0.39, 0.29) is 217 Å². The summed E-state index contributed by atoms with van der Waals surface area (Å²) in [5.74, 6) is -2.87. The number of nitrogens with one attached hydrogen (secondary N) is 1. The van der Waals surface area contributed by atoms with Gasteiger partial charge in [-0.15, -0.1) is 12.4 Å². The molecule has 0 aliphatic heterocycles. The largest absolute Gasteiger partial charge is 1.00 e. The zero-order valence-corrected chi connectivity index (χ0v) is 58.8. The van der Waals surface area contributed by atoms with Gasteiger partial charge in [0, 0.05) is 34.7 Å². The Bertz CT molecular complexity index is 2990. The number of esters is 3. The van der Waals surface area contributed by atoms with Gasteiger partial charge >= 0.3 is 121 Å². The van der Waals surface area contributed by atoms with Crippen LogP contribution in [0.1, 0.15) is 196 Å². The van der Waals surface area contributed by atoms with Crippen molar-refractivity contribution in [2.24, 2.45) is 0 Å². The average Bonchev–Trinajstić information content (AvgIpc) is 2.23. The molecular formula is C67H88BrClF3K2N3O9. The zero-order chi connectivity index (χ0) is 59.0. The molecule has 0 fully saturated rings. The van der Waals surface area contributed by atoms with Crippen LogP contribution in [0.4, 0.5) is 13.2 Å². The topological polar surface area (TPSA) is 147 Å². The van der Waals surface area contributed by atoms with Gasteiger partial charge in [0.15, 0.2) is 0 Å². The fourth-order valence-corrected chi connectivity index (χ4v) is 11.6. The number of hydrogen-bond acceptors (Lipinski definition) is 12. The number of ether oxygens (including phenoxy) is 3. The third-order valence-electron chi connectivity index (χ3n) is 14.5. The Morgan fingerprint density at radius 2 is 0.791 bits per heavy atom. The van der Waals surface area contributed by atoms with Gasteiger partial charge in [0.1, 0.15) is 17.5 Å². The Kier molecular flexibility index (Phi) is 40.8. The van der Waals surface area contributed by atoms with Gasteiger partial charge in [0.2, 0.25) is 0 Å². The number of aryl methyl sites for hydroxylation is 3. The fraction of sp³-hybridized carbons (Fsp3) is 0.403. The van der Waals surface area contributed by atoms with Crippen LogP contribution in [-0.4, -0.2) is 96.3 Å². The van der Waals surface area contributed by atoms with Crippen LogP contribution in [0.15, 0.2) is 109 Å². The Hall–Kier alpha value is -3.13. The van der Waals surface area contributed by atoms with E-state index in [9.17, 15) is 27.6 Å². The van der Waals surface area contributed by atoms with E-state index in [0.717, 1.165) is 52.6 Å². The van der Waals surface area contributed by atoms with Crippen molar-refractivity contribution < 1.29 is 161 Å². The van der Waals surface area contributed by atoms with Crippen LogP contribution in [-0.2, 0) is 23.9 Å². The predicted molar refractivity (Wildman–Crippen MR) is 335 cm³/mol. The molecule has 0 amide bonds. The molecule has 1 N–H and O–H groups in total. The SMILES string of the molecule is C.C.C.CCOC(=O)c1cc2c(cc1F)C(Br)CC2c1ccccc1C.CCOC(=O)c1cc2c(cc1F)[C@@H](N(C)C)C[C@@H]2c1ccccc1C.CCOC(=O)c1cc2c(cc1F)[C@H](N(C)C)C[C@@H]2c1ccccc1C.CNC.Cl.O=CO[O-].[H-].[K+].[K+]. The number of carbonyl (C=O) groups is 4. The minimum atomic E-state index is -0.602. The molecule has 2 unspecified atom stereocenters. The maximum Gasteiger partial charge on any atom is 1.00 e. The van der Waals surface area contributed by atoms with E-state index in [1.165, 1.54) is 51.6 Å². The maximum atomic E-state index is 14.5. The van der Waals surface area contributed by atoms with Crippen molar-refractivity contribution >= 4 is 52.7 Å². The number of carbonyl (C=O) groups excluding carboxylic acids is 4. The van der Waals surface area contributed by atoms with Crippen LogP contribution < -0.4 is 113 Å². The van der Waals surface area contributed by atoms with Crippen LogP contribution in [0.5, 0.6) is 0 Å². The van der Waals surface area contributed by atoms with Gasteiger partial charge in [0.25, 0.3) is 6.47 Å². The van der Waals surface area contributed by atoms with E-state index in [0.29, 0.717) is 0 Å². The first-order valence-corrected chi connectivity index (χ1v) is 27.6. The van der Waals surface area contributed by atoms with Gasteiger partial charge < -0.3 is 40.9 Å². The molecular weight excluding hydrogens is 1240 g/mol. The molecule has 3 aliphatic carbocycles. The van der Waals surface area contributed by atoms with Gasteiger partial charge in [0.05, 0.1) is 36.5 Å². The molecule has 462 valence electrons. The Labute approximate surface area is 611 Å². The quantitative estimate of drug-likeness (QED) is 0.0238. The maximum absolute atomic E-state index is 14.5. The summed E-state index contributed by atoms with van der Waals surface area (Å²) in [4.78, 5) is 51.8. The number of hydrogen-bond donors (Lipinski definition) is 1. The second kappa shape index (κ2) is 41.3. The van der Waals surface area contributed by atoms with Crippen molar-refractivity contribution in [3.63, 3.8) is 0 Å². The number of nitrogens with zero attached hydrogens (tertiary/aromatic N) is 2. The molecule has 0 aromatic heterocycles. The Morgan fingerprint density at radius 1 is 0.535 bits per heavy atom. The Morgan fingerprint density at radius 3 is 1.05 bits per heavy atom. The Balaban J connectivity index is -0.00000111. The second-order valence-electron chi connectivity index (χ2n) is 20.1. The number of benzene rings is 6. The van der Waals surface area contributed by atoms with E-state index in [4.69, 9.17) is 24.3 Å². The first kappa shape index (κ1) is 84.9. The first-order valence-electron chi connectivity index (χ1n) is 26.7. The number of rotatable bonds is 12. The van der Waals surface area contributed by atoms with Crippen molar-refractivity contribution in [1.82, 2.24) is 15.1 Å². The van der Waals surface area contributed by atoms with E-state index in [1.54, 1.807) is 39.0 Å². The minimum Gasteiger partial charge on any atom is -1.00 e. The molecule has 9 rings (SSSR count). The minimum absolute atomic E-state index is 0. The summed E-state index contributed by atoms with van der Waals surface area (Å²) in [6, 6.07) is 34.5. The van der Waals surface area contributed by atoms with Crippen molar-refractivity contribution in [3.8, 4) is 0 Å². The van der Waals surface area contributed by atoms with Gasteiger partial charge in [-0.05, 0) is 206 Å². The van der Waals surface area contributed by atoms with Crippen molar-refractivity contribution in [2.75, 3.05) is 62.1 Å². The molecule has 86 heavy (non-hydrogen) atoms. The van der Waals surface area contributed by atoms with Crippen molar-refractivity contribution in [2.45, 2.75) is 118 Å². The first-order chi connectivity index (χ1) is 38.2. The third kappa shape index (κ3) is 21.2. The molecule has 19 heteroatoms. The van der Waals surface area contributed by atoms with Crippen molar-refractivity contribution in [3.05, 3.63) is 210 Å². The molecule has 6 atom stereocenters. The van der Waals surface area contributed by atoms with Crippen LogP contribution in [0, 0.1) is 38.2 Å². The summed E-state index contributed by atoms with van der Waals surface area (Å²) >= 11 is 3.64. The summed E-state index contributed by atoms with van der Waals surface area (Å²) in [6.45, 7) is 11.9. The molecule has 3 aliphatic rings. The number of alkyl halides is 1. The molecule has 6 aromatic rings. The van der Waals surface area contributed by atoms with Crippen LogP contribution in [0.3, 0.4) is 0 Å². The molecule has 0 heterocycles. The molecule has 12 nitrogen and oxygen atoms in total. The van der Waals surface area contributed by atoms with Gasteiger partial charge in [-0.2, -0.15) is 0 Å². The normalized spacial score (nSPS) is 16.8. The predicted octanol–water partition coefficient (Wildman–Crippen LogP) is 8.90. The molecule has 0 spiro atoms. The van der Waals surface area contributed by atoms with Gasteiger partial charge in [-0.3, -0.25) is 4.79 Å². The summed E-state index contributed by atoms with van der Waals surface area (Å²) in [6.07, 6.45) is 2.60. The summed E-state index contributed by atoms with van der Waals surface area (Å²) in [5, 5.41) is 11.2. The van der Waals surface area contributed by atoms with E-state index in [1.807, 2.05) is 78.7 Å². The monoisotopic (exact) mass is 1330 g/mol. The van der Waals surface area contributed by atoms with Crippen LogP contribution >= 0.6 is 28.3 Å². The number of fused-ring (bicyclic) bond motifs is 3. The molecule has 0 saturated carbocycles. The van der Waals surface area contributed by atoms with E-state index < -0.39 is 35.4 Å². The standard InChI is InChI=1S/2C21H24FNO2.C19H18BrFO2.C2H7N.CH2O3.3CH4.ClH.2K.H/c2*1-5-25-21(24)18-10-15-16(14-9-7-6-8-13(14)2)12-20(23(3)4)17(15)11-19(18)22;1-3-23-19(22)16-8-13-14(12-7-5-4-6-11(12)2)9-17(20)15(13)10-18(16)21;1-3-2;2-1-4-3;;;;;;;/h2*6-11,16,20H,5,12H2,1-4H3;4-8,10,14,17H,3,9H2,1-2H3;3H,1-2H3;1,3H;3*1H4;1H;;;/q;;;;;;;;;2*+1;-1/p-1/t16-,20+;16-,20-;;;;;;;;;;/m11........../s1. The van der Waals surface area contributed by atoms with E-state index in [2.05, 4.69) is 93.1 Å². The smallest absolute Gasteiger partial charge is 1.00 e. The molecule has 0 radical (unpaired) electrons. The van der Waals surface area contributed by atoms with Gasteiger partial charge in [-0.25, -0.2) is 27.6 Å². The van der Waals surface area contributed by atoms with Crippen molar-refractivity contribution in [1.29, 1.82) is 0 Å². The third-order valence-corrected chi connectivity index (χ3v) is 15.4.